The van der Waals surface area contributed by atoms with Crippen LogP contribution in [0.15, 0.2) is 27.2 Å². The van der Waals surface area contributed by atoms with Crippen LogP contribution in [0.25, 0.3) is 10.7 Å². The van der Waals surface area contributed by atoms with Crippen molar-refractivity contribution in [2.45, 2.75) is 50.1 Å². The second-order valence-corrected chi connectivity index (χ2v) is 8.27. The lowest BCUT2D eigenvalue weighted by Crippen LogP contribution is -1.99. The maximum Gasteiger partial charge on any atom is 0.237 e. The van der Waals surface area contributed by atoms with Crippen LogP contribution in [0.3, 0.4) is 0 Å². The minimum Gasteiger partial charge on any atom is -0.338 e. The van der Waals surface area contributed by atoms with Crippen LogP contribution in [0.2, 0.25) is 0 Å². The molecule has 24 heavy (non-hydrogen) atoms. The van der Waals surface area contributed by atoms with E-state index in [1.165, 1.54) is 17.7 Å². The molecule has 3 aromatic rings. The SMILES string of the molecule is CC(C)Cc1noc(CSc2nnc(-c3cccs3)n2C2CC2)n1. The molecule has 0 N–H and O–H groups in total. The molecule has 0 aromatic carbocycles. The summed E-state index contributed by atoms with van der Waals surface area (Å²) in [7, 11) is 0. The number of thioether (sulfide) groups is 1. The van der Waals surface area contributed by atoms with Crippen molar-refractivity contribution in [1.29, 1.82) is 0 Å². The molecule has 0 amide bonds. The molecule has 1 aliphatic carbocycles. The highest BCUT2D eigenvalue weighted by Crippen LogP contribution is 2.42. The zero-order valence-corrected chi connectivity index (χ0v) is 15.3. The van der Waals surface area contributed by atoms with Crippen LogP contribution in [-0.4, -0.2) is 24.9 Å². The number of thiophene rings is 1. The van der Waals surface area contributed by atoms with E-state index in [4.69, 9.17) is 4.52 Å². The van der Waals surface area contributed by atoms with Crippen LogP contribution in [-0.2, 0) is 12.2 Å². The Morgan fingerprint density at radius 3 is 2.96 bits per heavy atom. The molecule has 6 nitrogen and oxygen atoms in total. The normalized spacial score (nSPS) is 14.6. The maximum absolute atomic E-state index is 5.34. The molecule has 0 spiro atoms. The average molecular weight is 361 g/mol. The van der Waals surface area contributed by atoms with Crippen molar-refractivity contribution < 1.29 is 4.52 Å². The number of aromatic nitrogens is 5. The van der Waals surface area contributed by atoms with Gasteiger partial charge in [-0.2, -0.15) is 4.98 Å². The molecule has 3 heterocycles. The molecular formula is C16H19N5OS2. The summed E-state index contributed by atoms with van der Waals surface area (Å²) in [5, 5.41) is 15.9. The van der Waals surface area contributed by atoms with Crippen LogP contribution in [0.5, 0.6) is 0 Å². The van der Waals surface area contributed by atoms with Gasteiger partial charge in [0.1, 0.15) is 0 Å². The van der Waals surface area contributed by atoms with Gasteiger partial charge < -0.3 is 4.52 Å². The van der Waals surface area contributed by atoms with Gasteiger partial charge in [-0.1, -0.05) is 36.8 Å². The smallest absolute Gasteiger partial charge is 0.237 e. The standard InChI is InChI=1S/C16H19N5OS2/c1-10(2)8-13-17-14(22-20-13)9-24-16-19-18-15(12-4-3-7-23-12)21(16)11-5-6-11/h3-4,7,10-11H,5-6,8-9H2,1-2H3. The fourth-order valence-electron chi connectivity index (χ4n) is 2.53. The minimum absolute atomic E-state index is 0.523. The minimum atomic E-state index is 0.523. The lowest BCUT2D eigenvalue weighted by atomic mass is 10.1. The summed E-state index contributed by atoms with van der Waals surface area (Å²) in [5.74, 6) is 3.55. The van der Waals surface area contributed by atoms with E-state index in [1.54, 1.807) is 23.1 Å². The number of nitrogens with zero attached hydrogens (tertiary/aromatic N) is 5. The molecule has 0 bridgehead atoms. The van der Waals surface area contributed by atoms with Crippen molar-refractivity contribution in [3.05, 3.63) is 29.2 Å². The molecule has 4 rings (SSSR count). The molecule has 0 radical (unpaired) electrons. The zero-order chi connectivity index (χ0) is 16.5. The molecule has 8 heteroatoms. The topological polar surface area (TPSA) is 69.6 Å². The Balaban J connectivity index is 1.50. The second kappa shape index (κ2) is 6.68. The number of rotatable bonds is 7. The van der Waals surface area contributed by atoms with Gasteiger partial charge in [0.15, 0.2) is 16.8 Å². The van der Waals surface area contributed by atoms with Gasteiger partial charge in [-0.3, -0.25) is 4.57 Å². The quantitative estimate of drug-likeness (QED) is 0.587. The number of hydrogen-bond donors (Lipinski definition) is 0. The van der Waals surface area contributed by atoms with Crippen molar-refractivity contribution >= 4 is 23.1 Å². The van der Waals surface area contributed by atoms with Crippen molar-refractivity contribution in [1.82, 2.24) is 24.9 Å². The van der Waals surface area contributed by atoms with E-state index in [1.807, 2.05) is 6.07 Å². The summed E-state index contributed by atoms with van der Waals surface area (Å²) >= 11 is 3.32. The van der Waals surface area contributed by atoms with Crippen molar-refractivity contribution in [2.75, 3.05) is 0 Å². The second-order valence-electron chi connectivity index (χ2n) is 6.38. The summed E-state index contributed by atoms with van der Waals surface area (Å²) in [5.41, 5.74) is 0. The monoisotopic (exact) mass is 361 g/mol. The highest BCUT2D eigenvalue weighted by Gasteiger charge is 2.30. The first-order chi connectivity index (χ1) is 11.7. The van der Waals surface area contributed by atoms with Gasteiger partial charge >= 0.3 is 0 Å². The Hall–Kier alpha value is -1.67. The van der Waals surface area contributed by atoms with E-state index in [0.29, 0.717) is 23.6 Å². The van der Waals surface area contributed by atoms with Crippen LogP contribution < -0.4 is 0 Å². The lowest BCUT2D eigenvalue weighted by Gasteiger charge is -2.06. The van der Waals surface area contributed by atoms with Gasteiger partial charge in [0.25, 0.3) is 0 Å². The molecule has 1 saturated carbocycles. The Morgan fingerprint density at radius 2 is 2.25 bits per heavy atom. The van der Waals surface area contributed by atoms with Crippen molar-refractivity contribution in [3.8, 4) is 10.7 Å². The first kappa shape index (κ1) is 15.8. The van der Waals surface area contributed by atoms with Crippen LogP contribution in [0.4, 0.5) is 0 Å². The summed E-state index contributed by atoms with van der Waals surface area (Å²) in [4.78, 5) is 5.62. The first-order valence-corrected chi connectivity index (χ1v) is 10.00. The molecule has 1 aliphatic rings. The van der Waals surface area contributed by atoms with Gasteiger partial charge in [0.2, 0.25) is 5.89 Å². The highest BCUT2D eigenvalue weighted by molar-refractivity contribution is 7.98. The van der Waals surface area contributed by atoms with Crippen LogP contribution in [0, 0.1) is 5.92 Å². The fourth-order valence-corrected chi connectivity index (χ4v) is 4.08. The van der Waals surface area contributed by atoms with Gasteiger partial charge in [0.05, 0.1) is 10.6 Å². The molecule has 0 atom stereocenters. The lowest BCUT2D eigenvalue weighted by molar-refractivity contribution is 0.382. The van der Waals surface area contributed by atoms with Crippen molar-refractivity contribution in [2.24, 2.45) is 5.92 Å². The Bertz CT molecular complexity index is 804. The van der Waals surface area contributed by atoms with E-state index >= 15 is 0 Å². The predicted octanol–water partition coefficient (Wildman–Crippen LogP) is 4.22. The third kappa shape index (κ3) is 3.39. The van der Waals surface area contributed by atoms with Crippen LogP contribution in [0.1, 0.15) is 44.4 Å². The largest absolute Gasteiger partial charge is 0.338 e. The van der Waals surface area contributed by atoms with Gasteiger partial charge in [-0.15, -0.1) is 21.5 Å². The molecule has 1 fully saturated rings. The molecule has 3 aromatic heterocycles. The van der Waals surface area contributed by atoms with E-state index in [0.717, 1.165) is 23.2 Å². The molecule has 126 valence electrons. The van der Waals surface area contributed by atoms with E-state index in [9.17, 15) is 0 Å². The predicted molar refractivity (Wildman–Crippen MR) is 94.0 cm³/mol. The van der Waals surface area contributed by atoms with Crippen molar-refractivity contribution in [3.63, 3.8) is 0 Å². The first-order valence-electron chi connectivity index (χ1n) is 8.13. The van der Waals surface area contributed by atoms with Gasteiger partial charge in [-0.25, -0.2) is 0 Å². The summed E-state index contributed by atoms with van der Waals surface area (Å²) in [6.45, 7) is 4.30. The number of hydrogen-bond acceptors (Lipinski definition) is 7. The van der Waals surface area contributed by atoms with E-state index in [2.05, 4.69) is 50.2 Å². The molecule has 0 unspecified atom stereocenters. The maximum atomic E-state index is 5.34. The third-order valence-electron chi connectivity index (χ3n) is 3.74. The summed E-state index contributed by atoms with van der Waals surface area (Å²) < 4.78 is 7.61. The van der Waals surface area contributed by atoms with E-state index in [-0.39, 0.29) is 0 Å². The molecule has 0 saturated heterocycles. The Morgan fingerprint density at radius 1 is 1.38 bits per heavy atom. The fraction of sp³-hybridized carbons (Fsp3) is 0.500. The Labute approximate surface area is 148 Å². The van der Waals surface area contributed by atoms with Crippen LogP contribution >= 0.6 is 23.1 Å². The third-order valence-corrected chi connectivity index (χ3v) is 5.54. The van der Waals surface area contributed by atoms with Gasteiger partial charge in [-0.05, 0) is 30.2 Å². The van der Waals surface area contributed by atoms with Gasteiger partial charge in [0, 0.05) is 12.5 Å². The molecule has 0 aliphatic heterocycles. The Kier molecular flexibility index (Phi) is 4.41. The highest BCUT2D eigenvalue weighted by atomic mass is 32.2. The zero-order valence-electron chi connectivity index (χ0n) is 13.7. The summed E-state index contributed by atoms with van der Waals surface area (Å²) in [6.07, 6.45) is 3.24. The average Bonchev–Trinajstić information content (AvgIpc) is 2.97. The summed E-state index contributed by atoms with van der Waals surface area (Å²) in [6, 6.07) is 4.67. The van der Waals surface area contributed by atoms with E-state index < -0.39 is 0 Å². The molecular weight excluding hydrogens is 342 g/mol.